The average Bonchev–Trinajstić information content (AvgIpc) is 2.68. The van der Waals surface area contributed by atoms with Crippen molar-refractivity contribution in [1.29, 1.82) is 0 Å². The fraction of sp³-hybridized carbons (Fsp3) is 0.333. The van der Waals surface area contributed by atoms with E-state index in [0.717, 1.165) is 4.90 Å². The van der Waals surface area contributed by atoms with E-state index in [2.05, 4.69) is 0 Å². The number of nitro benzene ring substituents is 1. The maximum atomic E-state index is 12.2. The minimum absolute atomic E-state index is 0.0374. The summed E-state index contributed by atoms with van der Waals surface area (Å²) < 4.78 is 0. The van der Waals surface area contributed by atoms with Crippen LogP contribution in [0.15, 0.2) is 24.3 Å². The number of benzene rings is 1. The predicted octanol–water partition coefficient (Wildman–Crippen LogP) is 1.75. The summed E-state index contributed by atoms with van der Waals surface area (Å²) in [5, 5.41) is 10.9. The zero-order valence-electron chi connectivity index (χ0n) is 9.83. The quantitative estimate of drug-likeness (QED) is 0.453. The molecule has 0 bridgehead atoms. The van der Waals surface area contributed by atoms with E-state index in [0.29, 0.717) is 12.8 Å². The molecule has 2 rings (SSSR count). The minimum Gasteiger partial charge on any atom is -0.275 e. The van der Waals surface area contributed by atoms with Gasteiger partial charge >= 0.3 is 0 Å². The van der Waals surface area contributed by atoms with Crippen LogP contribution < -0.4 is 0 Å². The van der Waals surface area contributed by atoms with Crippen molar-refractivity contribution in [2.24, 2.45) is 0 Å². The summed E-state index contributed by atoms with van der Waals surface area (Å²) in [6.07, 6.45) is 0.915. The number of amides is 2. The van der Waals surface area contributed by atoms with Gasteiger partial charge in [0, 0.05) is 18.5 Å². The van der Waals surface area contributed by atoms with Crippen LogP contribution in [0.1, 0.15) is 30.1 Å². The Bertz CT molecular complexity index is 527. The number of imide groups is 1. The van der Waals surface area contributed by atoms with Crippen LogP contribution in [-0.2, 0) is 4.79 Å². The van der Waals surface area contributed by atoms with Crippen LogP contribution >= 0.6 is 0 Å². The molecule has 1 atom stereocenters. The highest BCUT2D eigenvalue weighted by Crippen LogP contribution is 2.25. The maximum Gasteiger partial charge on any atom is 0.282 e. The number of para-hydroxylation sites is 1. The molecule has 1 unspecified atom stereocenters. The first-order valence-corrected chi connectivity index (χ1v) is 5.62. The molecule has 0 saturated carbocycles. The van der Waals surface area contributed by atoms with Gasteiger partial charge in [-0.05, 0) is 19.4 Å². The van der Waals surface area contributed by atoms with Crippen molar-refractivity contribution in [3.8, 4) is 0 Å². The van der Waals surface area contributed by atoms with E-state index in [1.807, 2.05) is 0 Å². The fourth-order valence-corrected chi connectivity index (χ4v) is 2.08. The van der Waals surface area contributed by atoms with Gasteiger partial charge in [-0.1, -0.05) is 12.1 Å². The maximum absolute atomic E-state index is 12.2. The van der Waals surface area contributed by atoms with Crippen LogP contribution in [0.25, 0.3) is 0 Å². The highest BCUT2D eigenvalue weighted by Gasteiger charge is 2.35. The molecule has 1 aromatic rings. The molecule has 94 valence electrons. The zero-order chi connectivity index (χ0) is 13.3. The van der Waals surface area contributed by atoms with Crippen molar-refractivity contribution in [2.45, 2.75) is 25.8 Å². The molecular weight excluding hydrogens is 236 g/mol. The van der Waals surface area contributed by atoms with Gasteiger partial charge < -0.3 is 0 Å². The molecule has 1 saturated heterocycles. The Morgan fingerprint density at radius 2 is 2.11 bits per heavy atom. The topological polar surface area (TPSA) is 80.5 Å². The molecule has 6 heteroatoms. The molecule has 2 amide bonds. The first-order chi connectivity index (χ1) is 8.52. The Morgan fingerprint density at radius 3 is 2.67 bits per heavy atom. The number of rotatable bonds is 2. The first-order valence-electron chi connectivity index (χ1n) is 5.62. The van der Waals surface area contributed by atoms with Crippen molar-refractivity contribution in [3.63, 3.8) is 0 Å². The van der Waals surface area contributed by atoms with Crippen LogP contribution in [0.5, 0.6) is 0 Å². The molecule has 0 radical (unpaired) electrons. The second-order valence-corrected chi connectivity index (χ2v) is 4.23. The first kappa shape index (κ1) is 12.2. The third kappa shape index (κ3) is 1.97. The number of carbonyl (C=O) groups excluding carboxylic acids is 2. The number of nitro groups is 1. The van der Waals surface area contributed by atoms with Gasteiger partial charge in [0.1, 0.15) is 5.56 Å². The molecule has 18 heavy (non-hydrogen) atoms. The van der Waals surface area contributed by atoms with Gasteiger partial charge in [-0.2, -0.15) is 0 Å². The molecule has 0 aromatic heterocycles. The molecule has 0 N–H and O–H groups in total. The SMILES string of the molecule is CC1CCC(=O)N1C(=O)c1ccccc1[N+](=O)[O-]. The van der Waals surface area contributed by atoms with Crippen molar-refractivity contribution in [2.75, 3.05) is 0 Å². The van der Waals surface area contributed by atoms with Gasteiger partial charge in [-0.3, -0.25) is 24.6 Å². The van der Waals surface area contributed by atoms with Crippen LogP contribution in [0.2, 0.25) is 0 Å². The third-order valence-electron chi connectivity index (χ3n) is 3.04. The van der Waals surface area contributed by atoms with E-state index < -0.39 is 10.8 Å². The van der Waals surface area contributed by atoms with Gasteiger partial charge in [-0.25, -0.2) is 0 Å². The smallest absolute Gasteiger partial charge is 0.275 e. The lowest BCUT2D eigenvalue weighted by molar-refractivity contribution is -0.385. The second kappa shape index (κ2) is 4.56. The minimum atomic E-state index is -0.613. The zero-order valence-corrected chi connectivity index (χ0v) is 9.83. The number of likely N-dealkylation sites (tertiary alicyclic amines) is 1. The molecular formula is C12H12N2O4. The van der Waals surface area contributed by atoms with E-state index >= 15 is 0 Å². The van der Waals surface area contributed by atoms with Crippen molar-refractivity contribution < 1.29 is 14.5 Å². The van der Waals surface area contributed by atoms with Crippen LogP contribution in [0.4, 0.5) is 5.69 Å². The summed E-state index contributed by atoms with van der Waals surface area (Å²) in [5.74, 6) is -0.858. The van der Waals surface area contributed by atoms with Gasteiger partial charge in [0.25, 0.3) is 11.6 Å². The number of hydrogen-bond donors (Lipinski definition) is 0. The Kier molecular flexibility index (Phi) is 3.10. The predicted molar refractivity (Wildman–Crippen MR) is 63.0 cm³/mol. The molecule has 1 aromatic carbocycles. The van der Waals surface area contributed by atoms with Gasteiger partial charge in [0.15, 0.2) is 0 Å². The lowest BCUT2D eigenvalue weighted by Crippen LogP contribution is -2.37. The molecule has 1 aliphatic rings. The van der Waals surface area contributed by atoms with E-state index in [-0.39, 0.29) is 23.2 Å². The van der Waals surface area contributed by atoms with E-state index in [1.165, 1.54) is 18.2 Å². The van der Waals surface area contributed by atoms with Gasteiger partial charge in [0.2, 0.25) is 5.91 Å². The average molecular weight is 248 g/mol. The largest absolute Gasteiger partial charge is 0.282 e. The Hall–Kier alpha value is -2.24. The molecule has 1 aliphatic heterocycles. The number of nitrogens with zero attached hydrogens (tertiary/aromatic N) is 2. The Balaban J connectivity index is 2.40. The fourth-order valence-electron chi connectivity index (χ4n) is 2.08. The summed E-state index contributed by atoms with van der Waals surface area (Å²) in [6, 6.07) is 5.47. The third-order valence-corrected chi connectivity index (χ3v) is 3.04. The van der Waals surface area contributed by atoms with Crippen molar-refractivity contribution in [1.82, 2.24) is 4.90 Å². The van der Waals surface area contributed by atoms with E-state index in [1.54, 1.807) is 13.0 Å². The van der Waals surface area contributed by atoms with Crippen LogP contribution in [0, 0.1) is 10.1 Å². The molecule has 1 heterocycles. The highest BCUT2D eigenvalue weighted by molar-refractivity contribution is 6.08. The summed E-state index contributed by atoms with van der Waals surface area (Å²) in [5.41, 5.74) is -0.306. The van der Waals surface area contributed by atoms with Gasteiger partial charge in [0.05, 0.1) is 4.92 Å². The van der Waals surface area contributed by atoms with Gasteiger partial charge in [-0.15, -0.1) is 0 Å². The number of carbonyl (C=O) groups is 2. The molecule has 0 aliphatic carbocycles. The Labute approximate surface area is 103 Å². The van der Waals surface area contributed by atoms with E-state index in [4.69, 9.17) is 0 Å². The highest BCUT2D eigenvalue weighted by atomic mass is 16.6. The lowest BCUT2D eigenvalue weighted by atomic mass is 10.1. The normalized spacial score (nSPS) is 19.1. The Morgan fingerprint density at radius 1 is 1.44 bits per heavy atom. The molecule has 0 spiro atoms. The summed E-state index contributed by atoms with van der Waals surface area (Å²) in [4.78, 5) is 35.2. The van der Waals surface area contributed by atoms with Crippen LogP contribution in [-0.4, -0.2) is 27.7 Å². The molecule has 1 fully saturated rings. The number of hydrogen-bond acceptors (Lipinski definition) is 4. The summed E-state index contributed by atoms with van der Waals surface area (Å²) >= 11 is 0. The summed E-state index contributed by atoms with van der Waals surface area (Å²) in [7, 11) is 0. The lowest BCUT2D eigenvalue weighted by Gasteiger charge is -2.19. The van der Waals surface area contributed by atoms with Crippen molar-refractivity contribution in [3.05, 3.63) is 39.9 Å². The van der Waals surface area contributed by atoms with Crippen molar-refractivity contribution >= 4 is 17.5 Å². The summed E-state index contributed by atoms with van der Waals surface area (Å²) in [6.45, 7) is 1.76. The molecule has 6 nitrogen and oxygen atoms in total. The van der Waals surface area contributed by atoms with Crippen LogP contribution in [0.3, 0.4) is 0 Å². The van der Waals surface area contributed by atoms with E-state index in [9.17, 15) is 19.7 Å². The standard InChI is InChI=1S/C12H12N2O4/c1-8-6-7-11(15)13(8)12(16)9-4-2-3-5-10(9)14(17)18/h2-5,8H,6-7H2,1H3. The monoisotopic (exact) mass is 248 g/mol. The second-order valence-electron chi connectivity index (χ2n) is 4.23.